The molecule has 2 bridgehead atoms. The molecule has 4 fully saturated rings. The third kappa shape index (κ3) is 2.41. The third-order valence-corrected chi connectivity index (χ3v) is 7.64. The zero-order valence-electron chi connectivity index (χ0n) is 16.2. The SMILES string of the molecule is O=C(c1noc2c1CCCC2)N1C[C@H](c2ccccc2)[C@H]2[C@@H]1C1CCN2CC1. The van der Waals surface area contributed by atoms with Crippen molar-refractivity contribution < 1.29 is 9.32 Å². The maximum Gasteiger partial charge on any atom is 0.276 e. The number of rotatable bonds is 2. The fourth-order valence-corrected chi connectivity index (χ4v) is 6.34. The lowest BCUT2D eigenvalue weighted by atomic mass is 9.75. The Morgan fingerprint density at radius 3 is 2.64 bits per heavy atom. The molecule has 3 atom stereocenters. The zero-order valence-corrected chi connectivity index (χ0v) is 16.2. The molecular formula is C23H27N3O2. The fraction of sp³-hybridized carbons (Fsp3) is 0.565. The van der Waals surface area contributed by atoms with Crippen LogP contribution >= 0.6 is 0 Å². The maximum atomic E-state index is 13.7. The van der Waals surface area contributed by atoms with E-state index in [1.165, 1.54) is 31.5 Å². The van der Waals surface area contributed by atoms with Crippen molar-refractivity contribution in [3.63, 3.8) is 0 Å². The fourth-order valence-electron chi connectivity index (χ4n) is 6.34. The van der Waals surface area contributed by atoms with Gasteiger partial charge in [0.1, 0.15) is 5.76 Å². The molecule has 7 rings (SSSR count). The minimum atomic E-state index is 0.106. The van der Waals surface area contributed by atoms with Gasteiger partial charge in [0.25, 0.3) is 5.91 Å². The average Bonchev–Trinajstić information content (AvgIpc) is 3.38. The summed E-state index contributed by atoms with van der Waals surface area (Å²) in [7, 11) is 0. The van der Waals surface area contributed by atoms with Gasteiger partial charge in [-0.25, -0.2) is 0 Å². The van der Waals surface area contributed by atoms with E-state index in [9.17, 15) is 4.79 Å². The summed E-state index contributed by atoms with van der Waals surface area (Å²) >= 11 is 0. The highest BCUT2D eigenvalue weighted by molar-refractivity contribution is 5.94. The number of nitrogens with zero attached hydrogens (tertiary/aromatic N) is 3. The van der Waals surface area contributed by atoms with Crippen LogP contribution in [0, 0.1) is 5.92 Å². The molecule has 1 amide bonds. The van der Waals surface area contributed by atoms with Crippen LogP contribution in [0.5, 0.6) is 0 Å². The van der Waals surface area contributed by atoms with Gasteiger partial charge in [-0.05, 0) is 56.7 Å². The van der Waals surface area contributed by atoms with Gasteiger partial charge in [-0.3, -0.25) is 9.69 Å². The van der Waals surface area contributed by atoms with Crippen LogP contribution in [0.1, 0.15) is 59.0 Å². The number of piperidine rings is 3. The second-order valence-electron chi connectivity index (χ2n) is 8.97. The largest absolute Gasteiger partial charge is 0.360 e. The topological polar surface area (TPSA) is 49.6 Å². The Kier molecular flexibility index (Phi) is 3.86. The molecule has 5 aliphatic rings. The van der Waals surface area contributed by atoms with E-state index < -0.39 is 0 Å². The maximum absolute atomic E-state index is 13.7. The predicted octanol–water partition coefficient (Wildman–Crippen LogP) is 3.26. The monoisotopic (exact) mass is 377 g/mol. The van der Waals surface area contributed by atoms with Gasteiger partial charge in [-0.2, -0.15) is 0 Å². The highest BCUT2D eigenvalue weighted by Crippen LogP contribution is 2.47. The predicted molar refractivity (Wildman–Crippen MR) is 105 cm³/mol. The van der Waals surface area contributed by atoms with Crippen molar-refractivity contribution in [1.82, 2.24) is 15.0 Å². The van der Waals surface area contributed by atoms with Crippen LogP contribution in [0.15, 0.2) is 34.9 Å². The van der Waals surface area contributed by atoms with Crippen LogP contribution in [0.3, 0.4) is 0 Å². The number of benzene rings is 1. The van der Waals surface area contributed by atoms with Crippen LogP contribution < -0.4 is 0 Å². The van der Waals surface area contributed by atoms with E-state index in [0.29, 0.717) is 29.6 Å². The summed E-state index contributed by atoms with van der Waals surface area (Å²) in [6.07, 6.45) is 6.54. The molecule has 28 heavy (non-hydrogen) atoms. The Balaban J connectivity index is 1.38. The second kappa shape index (κ2) is 6.45. The first kappa shape index (κ1) is 16.8. The van der Waals surface area contributed by atoms with Crippen molar-refractivity contribution in [3.8, 4) is 0 Å². The number of carbonyl (C=O) groups is 1. The van der Waals surface area contributed by atoms with E-state index in [0.717, 1.165) is 43.6 Å². The average molecular weight is 377 g/mol. The quantitative estimate of drug-likeness (QED) is 0.806. The lowest BCUT2D eigenvalue weighted by molar-refractivity contribution is -0.00371. The van der Waals surface area contributed by atoms with Gasteiger partial charge in [0.15, 0.2) is 5.69 Å². The Hall–Kier alpha value is -2.14. The molecule has 0 spiro atoms. The minimum absolute atomic E-state index is 0.106. The molecule has 0 saturated carbocycles. The van der Waals surface area contributed by atoms with Crippen molar-refractivity contribution in [1.29, 1.82) is 0 Å². The van der Waals surface area contributed by atoms with Crippen molar-refractivity contribution in [2.24, 2.45) is 5.92 Å². The lowest BCUT2D eigenvalue weighted by Gasteiger charge is -2.51. The summed E-state index contributed by atoms with van der Waals surface area (Å²) in [5, 5.41) is 4.26. The van der Waals surface area contributed by atoms with E-state index in [1.54, 1.807) is 0 Å². The first-order valence-corrected chi connectivity index (χ1v) is 10.9. The van der Waals surface area contributed by atoms with E-state index in [4.69, 9.17) is 4.52 Å². The molecule has 1 aromatic heterocycles. The summed E-state index contributed by atoms with van der Waals surface area (Å²) in [5.41, 5.74) is 3.04. The highest BCUT2D eigenvalue weighted by Gasteiger charge is 2.55. The van der Waals surface area contributed by atoms with E-state index in [2.05, 4.69) is 45.3 Å². The summed E-state index contributed by atoms with van der Waals surface area (Å²) in [5.74, 6) is 2.06. The summed E-state index contributed by atoms with van der Waals surface area (Å²) in [6, 6.07) is 11.6. The third-order valence-electron chi connectivity index (χ3n) is 7.64. The van der Waals surface area contributed by atoms with Gasteiger partial charge in [-0.1, -0.05) is 35.5 Å². The van der Waals surface area contributed by atoms with Gasteiger partial charge in [0.05, 0.1) is 6.04 Å². The van der Waals surface area contributed by atoms with Crippen LogP contribution in [0.4, 0.5) is 0 Å². The molecule has 4 aliphatic heterocycles. The number of hydrogen-bond donors (Lipinski definition) is 0. The molecule has 1 aromatic carbocycles. The molecule has 4 saturated heterocycles. The van der Waals surface area contributed by atoms with Crippen molar-refractivity contribution in [3.05, 3.63) is 52.9 Å². The molecule has 0 unspecified atom stereocenters. The summed E-state index contributed by atoms with van der Waals surface area (Å²) in [6.45, 7) is 3.15. The van der Waals surface area contributed by atoms with Crippen molar-refractivity contribution in [2.45, 2.75) is 56.5 Å². The summed E-state index contributed by atoms with van der Waals surface area (Å²) in [4.78, 5) is 18.5. The molecule has 146 valence electrons. The van der Waals surface area contributed by atoms with Crippen LogP contribution in [-0.4, -0.2) is 52.6 Å². The first-order chi connectivity index (χ1) is 13.8. The van der Waals surface area contributed by atoms with Crippen LogP contribution in [0.25, 0.3) is 0 Å². The number of likely N-dealkylation sites (tertiary alicyclic amines) is 1. The molecular weight excluding hydrogens is 350 g/mol. The number of fused-ring (bicyclic) bond motifs is 3. The molecule has 2 aromatic rings. The smallest absolute Gasteiger partial charge is 0.276 e. The summed E-state index contributed by atoms with van der Waals surface area (Å²) < 4.78 is 5.57. The Morgan fingerprint density at radius 1 is 1.04 bits per heavy atom. The van der Waals surface area contributed by atoms with Gasteiger partial charge >= 0.3 is 0 Å². The van der Waals surface area contributed by atoms with Gasteiger partial charge in [0, 0.05) is 30.5 Å². The van der Waals surface area contributed by atoms with E-state index in [1.807, 2.05) is 0 Å². The molecule has 5 heterocycles. The number of aromatic nitrogens is 1. The highest BCUT2D eigenvalue weighted by atomic mass is 16.5. The number of amides is 1. The van der Waals surface area contributed by atoms with Gasteiger partial charge in [0.2, 0.25) is 0 Å². The van der Waals surface area contributed by atoms with Gasteiger partial charge in [-0.15, -0.1) is 0 Å². The van der Waals surface area contributed by atoms with Crippen LogP contribution in [-0.2, 0) is 12.8 Å². The Morgan fingerprint density at radius 2 is 1.82 bits per heavy atom. The second-order valence-corrected chi connectivity index (χ2v) is 8.97. The van der Waals surface area contributed by atoms with E-state index in [-0.39, 0.29) is 5.91 Å². The van der Waals surface area contributed by atoms with Crippen molar-refractivity contribution in [2.75, 3.05) is 19.6 Å². The van der Waals surface area contributed by atoms with Gasteiger partial charge < -0.3 is 9.42 Å². The number of hydrogen-bond acceptors (Lipinski definition) is 4. The normalized spacial score (nSPS) is 33.6. The lowest BCUT2D eigenvalue weighted by Crippen LogP contribution is -2.60. The number of aryl methyl sites for hydroxylation is 1. The van der Waals surface area contributed by atoms with E-state index >= 15 is 0 Å². The molecule has 0 N–H and O–H groups in total. The molecule has 5 nitrogen and oxygen atoms in total. The Labute approximate surface area is 165 Å². The zero-order chi connectivity index (χ0) is 18.7. The molecule has 0 radical (unpaired) electrons. The first-order valence-electron chi connectivity index (χ1n) is 10.9. The standard InChI is InChI=1S/C23H27N3O2/c27-23(20-17-8-4-5-9-19(17)28-24-20)26-14-18(15-6-2-1-3-7-15)22-21(26)16-10-12-25(22)13-11-16/h1-3,6-7,16,18,21-22H,4-5,8-14H2/t18-,21+,22+/m1/s1. The molecule has 5 heteroatoms. The molecule has 1 aliphatic carbocycles. The van der Waals surface area contributed by atoms with Crippen molar-refractivity contribution >= 4 is 5.91 Å². The van der Waals surface area contributed by atoms with Crippen LogP contribution in [0.2, 0.25) is 0 Å². The number of carbonyl (C=O) groups excluding carboxylic acids is 1. The Bertz CT molecular complexity index is 885. The minimum Gasteiger partial charge on any atom is -0.360 e.